The second kappa shape index (κ2) is 8.29. The fourth-order valence-electron chi connectivity index (χ4n) is 6.59. The van der Waals surface area contributed by atoms with Crippen molar-refractivity contribution in [1.82, 2.24) is 4.57 Å². The molecule has 0 N–H and O–H groups in total. The number of fused-ring (bicyclic) bond motifs is 9. The number of thiophene rings is 1. The minimum absolute atomic E-state index is 1.22. The first-order valence-electron chi connectivity index (χ1n) is 13.7. The van der Waals surface area contributed by atoms with Crippen LogP contribution in [-0.2, 0) is 0 Å². The molecule has 40 heavy (non-hydrogen) atoms. The Hall–Kier alpha value is -4.92. The van der Waals surface area contributed by atoms with E-state index < -0.39 is 0 Å². The highest BCUT2D eigenvalue weighted by molar-refractivity contribution is 7.26. The molecule has 1 nitrogen and oxygen atoms in total. The minimum Gasteiger partial charge on any atom is -0.309 e. The summed E-state index contributed by atoms with van der Waals surface area (Å²) in [6.07, 6.45) is 0. The highest BCUT2D eigenvalue weighted by Crippen LogP contribution is 2.42. The first-order chi connectivity index (χ1) is 19.8. The lowest BCUT2D eigenvalue weighted by molar-refractivity contribution is 1.20. The number of aromatic nitrogens is 1. The molecule has 0 aliphatic heterocycles. The van der Waals surface area contributed by atoms with Gasteiger partial charge in [0.25, 0.3) is 0 Å². The van der Waals surface area contributed by atoms with E-state index in [9.17, 15) is 0 Å². The summed E-state index contributed by atoms with van der Waals surface area (Å²) in [4.78, 5) is 0. The number of para-hydroxylation sites is 1. The SMILES string of the molecule is c1ccc2c(c1)cc(-n1c3ccccc3c3cc(-c4cccc5c4sc4ccccc45)ccc31)c1ccccc12. The first kappa shape index (κ1) is 22.0. The quantitative estimate of drug-likeness (QED) is 0.198. The number of hydrogen-bond acceptors (Lipinski definition) is 1. The Bertz CT molecular complexity index is 2440. The summed E-state index contributed by atoms with van der Waals surface area (Å²) >= 11 is 1.89. The summed E-state index contributed by atoms with van der Waals surface area (Å²) in [7, 11) is 0. The van der Waals surface area contributed by atoms with E-state index in [1.54, 1.807) is 0 Å². The number of hydrogen-bond donors (Lipinski definition) is 0. The molecule has 0 radical (unpaired) electrons. The Labute approximate surface area is 235 Å². The van der Waals surface area contributed by atoms with E-state index in [2.05, 4.69) is 144 Å². The van der Waals surface area contributed by atoms with Crippen LogP contribution >= 0.6 is 11.3 Å². The molecule has 2 heteroatoms. The summed E-state index contributed by atoms with van der Waals surface area (Å²) in [5, 5.41) is 10.3. The van der Waals surface area contributed by atoms with Gasteiger partial charge in [-0.1, -0.05) is 109 Å². The third kappa shape index (κ3) is 3.03. The van der Waals surface area contributed by atoms with E-state index in [4.69, 9.17) is 0 Å². The van der Waals surface area contributed by atoms with Crippen molar-refractivity contribution in [2.24, 2.45) is 0 Å². The Morgan fingerprint density at radius 3 is 2.00 bits per heavy atom. The minimum atomic E-state index is 1.22. The van der Waals surface area contributed by atoms with Crippen LogP contribution in [0.2, 0.25) is 0 Å². The van der Waals surface area contributed by atoms with Gasteiger partial charge < -0.3 is 4.57 Å². The molecule has 0 aliphatic rings. The molecule has 2 heterocycles. The number of benzene rings is 7. The van der Waals surface area contributed by atoms with Crippen molar-refractivity contribution in [1.29, 1.82) is 0 Å². The molecule has 0 spiro atoms. The Kier molecular flexibility index (Phi) is 4.55. The standard InChI is InChI=1S/C38H23NS/c1-2-11-26-24(10-1)23-36(29-13-4-3-12-28(26)29)39-34-18-7-5-14-30(34)33-22-25(20-21-35(33)39)27-16-9-17-32-31-15-6-8-19-37(31)40-38(27)32/h1-23H. The molecule has 0 saturated heterocycles. The maximum absolute atomic E-state index is 2.46. The largest absolute Gasteiger partial charge is 0.309 e. The summed E-state index contributed by atoms with van der Waals surface area (Å²) in [6, 6.07) is 51.2. The van der Waals surface area contributed by atoms with Gasteiger partial charge in [-0.3, -0.25) is 0 Å². The lowest BCUT2D eigenvalue weighted by Gasteiger charge is -2.14. The van der Waals surface area contributed by atoms with E-state index in [1.165, 1.54) is 80.3 Å². The van der Waals surface area contributed by atoms with Gasteiger partial charge in [0.15, 0.2) is 0 Å². The molecule has 9 rings (SSSR count). The molecule has 9 aromatic rings. The zero-order valence-corrected chi connectivity index (χ0v) is 22.5. The molecule has 0 amide bonds. The summed E-state index contributed by atoms with van der Waals surface area (Å²) < 4.78 is 5.15. The van der Waals surface area contributed by atoms with Gasteiger partial charge in [0.1, 0.15) is 0 Å². The average Bonchev–Trinajstić information content (AvgIpc) is 3.56. The zero-order valence-electron chi connectivity index (χ0n) is 21.6. The van der Waals surface area contributed by atoms with Crippen LogP contribution in [0.4, 0.5) is 0 Å². The van der Waals surface area contributed by atoms with E-state index in [1.807, 2.05) is 11.3 Å². The van der Waals surface area contributed by atoms with Gasteiger partial charge in [-0.05, 0) is 57.6 Å². The maximum Gasteiger partial charge on any atom is 0.0546 e. The Balaban J connectivity index is 1.36. The Morgan fingerprint density at radius 2 is 1.10 bits per heavy atom. The van der Waals surface area contributed by atoms with Gasteiger partial charge in [-0.15, -0.1) is 11.3 Å². The highest BCUT2D eigenvalue weighted by atomic mass is 32.1. The molecule has 186 valence electrons. The predicted octanol–water partition coefficient (Wildman–Crippen LogP) is 11.1. The summed E-state index contributed by atoms with van der Waals surface area (Å²) in [6.45, 7) is 0. The van der Waals surface area contributed by atoms with Gasteiger partial charge >= 0.3 is 0 Å². The average molecular weight is 526 g/mol. The van der Waals surface area contributed by atoms with Crippen molar-refractivity contribution < 1.29 is 0 Å². The van der Waals surface area contributed by atoms with Crippen LogP contribution in [0.15, 0.2) is 140 Å². The highest BCUT2D eigenvalue weighted by Gasteiger charge is 2.17. The fourth-order valence-corrected chi connectivity index (χ4v) is 7.83. The van der Waals surface area contributed by atoms with Crippen LogP contribution in [0.25, 0.3) is 80.3 Å². The summed E-state index contributed by atoms with van der Waals surface area (Å²) in [5.41, 5.74) is 6.24. The van der Waals surface area contributed by atoms with E-state index in [-0.39, 0.29) is 0 Å². The number of nitrogens with zero attached hydrogens (tertiary/aromatic N) is 1. The molecule has 7 aromatic carbocycles. The van der Waals surface area contributed by atoms with Crippen molar-refractivity contribution in [3.63, 3.8) is 0 Å². The molecule has 0 aliphatic carbocycles. The molecule has 0 unspecified atom stereocenters. The van der Waals surface area contributed by atoms with Gasteiger partial charge in [-0.2, -0.15) is 0 Å². The molecule has 0 atom stereocenters. The van der Waals surface area contributed by atoms with Crippen LogP contribution in [0.3, 0.4) is 0 Å². The van der Waals surface area contributed by atoms with Gasteiger partial charge in [-0.25, -0.2) is 0 Å². The molecule has 2 aromatic heterocycles. The second-order valence-electron chi connectivity index (χ2n) is 10.5. The van der Waals surface area contributed by atoms with Gasteiger partial charge in [0.2, 0.25) is 0 Å². The van der Waals surface area contributed by atoms with Crippen LogP contribution < -0.4 is 0 Å². The topological polar surface area (TPSA) is 4.93 Å². The first-order valence-corrected chi connectivity index (χ1v) is 14.5. The van der Waals surface area contributed by atoms with Crippen molar-refractivity contribution in [2.45, 2.75) is 0 Å². The van der Waals surface area contributed by atoms with Gasteiger partial charge in [0, 0.05) is 36.3 Å². The lowest BCUT2D eigenvalue weighted by atomic mass is 9.99. The van der Waals surface area contributed by atoms with Crippen molar-refractivity contribution in [2.75, 3.05) is 0 Å². The van der Waals surface area contributed by atoms with Crippen molar-refractivity contribution in [3.8, 4) is 16.8 Å². The van der Waals surface area contributed by atoms with Gasteiger partial charge in [0.05, 0.1) is 16.7 Å². The van der Waals surface area contributed by atoms with E-state index in [0.717, 1.165) is 0 Å². The van der Waals surface area contributed by atoms with Crippen molar-refractivity contribution >= 4 is 74.9 Å². The normalized spacial score (nSPS) is 12.0. The fraction of sp³-hybridized carbons (Fsp3) is 0. The lowest BCUT2D eigenvalue weighted by Crippen LogP contribution is -1.96. The third-order valence-electron chi connectivity index (χ3n) is 8.37. The third-order valence-corrected chi connectivity index (χ3v) is 9.59. The Morgan fingerprint density at radius 1 is 0.425 bits per heavy atom. The molecule has 0 saturated carbocycles. The van der Waals surface area contributed by atoms with Crippen molar-refractivity contribution in [3.05, 3.63) is 140 Å². The summed E-state index contributed by atoms with van der Waals surface area (Å²) in [5.74, 6) is 0. The van der Waals surface area contributed by atoms with E-state index >= 15 is 0 Å². The molecule has 0 fully saturated rings. The molecular formula is C38H23NS. The smallest absolute Gasteiger partial charge is 0.0546 e. The zero-order chi connectivity index (χ0) is 26.2. The van der Waals surface area contributed by atoms with Crippen LogP contribution in [0.1, 0.15) is 0 Å². The molecule has 0 bridgehead atoms. The van der Waals surface area contributed by atoms with Crippen LogP contribution in [-0.4, -0.2) is 4.57 Å². The molecular weight excluding hydrogens is 502 g/mol. The maximum atomic E-state index is 2.46. The monoisotopic (exact) mass is 525 g/mol. The van der Waals surface area contributed by atoms with Crippen LogP contribution in [0.5, 0.6) is 0 Å². The second-order valence-corrected chi connectivity index (χ2v) is 11.6. The number of rotatable bonds is 2. The van der Waals surface area contributed by atoms with Crippen LogP contribution in [0, 0.1) is 0 Å². The predicted molar refractivity (Wildman–Crippen MR) is 174 cm³/mol. The van der Waals surface area contributed by atoms with E-state index in [0.29, 0.717) is 0 Å².